The molecule has 0 aliphatic rings. The minimum absolute atomic E-state index is 0.205. The van der Waals surface area contributed by atoms with E-state index in [2.05, 4.69) is 20.5 Å². The van der Waals surface area contributed by atoms with E-state index in [1.807, 2.05) is 17.7 Å². The average molecular weight is 305 g/mol. The Kier molecular flexibility index (Phi) is 4.58. The van der Waals surface area contributed by atoms with Crippen LogP contribution in [0, 0.1) is 6.92 Å². The van der Waals surface area contributed by atoms with Crippen LogP contribution in [0.2, 0.25) is 0 Å². The van der Waals surface area contributed by atoms with Crippen LogP contribution in [-0.4, -0.2) is 26.3 Å². The summed E-state index contributed by atoms with van der Waals surface area (Å²) in [6.07, 6.45) is 0.973. The Morgan fingerprint density at radius 3 is 2.70 bits per heavy atom. The molecule has 0 spiro atoms. The van der Waals surface area contributed by atoms with Gasteiger partial charge in [0.25, 0.3) is 0 Å². The first kappa shape index (κ1) is 14.8. The third-order valence-electron chi connectivity index (χ3n) is 2.69. The van der Waals surface area contributed by atoms with E-state index in [1.165, 1.54) is 0 Å². The summed E-state index contributed by atoms with van der Waals surface area (Å²) in [6.45, 7) is 3.34. The van der Waals surface area contributed by atoms with E-state index in [9.17, 15) is 13.2 Å². The van der Waals surface area contributed by atoms with Crippen LogP contribution < -0.4 is 5.32 Å². The normalized spacial score (nSPS) is 11.8. The van der Waals surface area contributed by atoms with Crippen molar-refractivity contribution in [3.63, 3.8) is 0 Å². The maximum absolute atomic E-state index is 12.3. The Morgan fingerprint density at radius 1 is 1.30 bits per heavy atom. The molecule has 20 heavy (non-hydrogen) atoms. The highest BCUT2D eigenvalue weighted by Crippen LogP contribution is 2.32. The topological polar surface area (TPSA) is 55.6 Å². The standard InChI is InChI=1S/C11H14F3N5S/c1-8-15-5-7-19(8)6-3-2-4-16-10-18-17-9(20-10)11(12,13)14/h5,7H,2-4,6H2,1H3,(H,16,18). The van der Waals surface area contributed by atoms with Gasteiger partial charge in [-0.2, -0.15) is 13.2 Å². The minimum atomic E-state index is -4.42. The number of imidazole rings is 1. The number of hydrogen-bond donors (Lipinski definition) is 1. The van der Waals surface area contributed by atoms with Crippen LogP contribution in [0.4, 0.5) is 18.3 Å². The lowest BCUT2D eigenvalue weighted by Gasteiger charge is -2.05. The van der Waals surface area contributed by atoms with Crippen molar-refractivity contribution < 1.29 is 13.2 Å². The third kappa shape index (κ3) is 3.92. The quantitative estimate of drug-likeness (QED) is 0.834. The second-order valence-corrected chi connectivity index (χ2v) is 5.19. The molecule has 5 nitrogen and oxygen atoms in total. The van der Waals surface area contributed by atoms with E-state index in [4.69, 9.17) is 0 Å². The van der Waals surface area contributed by atoms with Crippen molar-refractivity contribution in [3.05, 3.63) is 23.2 Å². The van der Waals surface area contributed by atoms with Gasteiger partial charge in [0.2, 0.25) is 10.1 Å². The number of aryl methyl sites for hydroxylation is 2. The smallest absolute Gasteiger partial charge is 0.360 e. The molecule has 0 radical (unpaired) electrons. The lowest BCUT2D eigenvalue weighted by molar-refractivity contribution is -0.138. The van der Waals surface area contributed by atoms with Gasteiger partial charge in [-0.1, -0.05) is 11.3 Å². The number of nitrogens with one attached hydrogen (secondary N) is 1. The number of rotatable bonds is 6. The first-order chi connectivity index (χ1) is 9.47. The zero-order valence-electron chi connectivity index (χ0n) is 10.8. The van der Waals surface area contributed by atoms with Crippen molar-refractivity contribution in [2.24, 2.45) is 0 Å². The van der Waals surface area contributed by atoms with E-state index >= 15 is 0 Å². The second kappa shape index (κ2) is 6.21. The van der Waals surface area contributed by atoms with Gasteiger partial charge < -0.3 is 9.88 Å². The van der Waals surface area contributed by atoms with Gasteiger partial charge in [0, 0.05) is 25.5 Å². The molecule has 2 aromatic rings. The lowest BCUT2D eigenvalue weighted by atomic mass is 10.3. The monoisotopic (exact) mass is 305 g/mol. The zero-order chi connectivity index (χ0) is 14.6. The molecule has 0 unspecified atom stereocenters. The summed E-state index contributed by atoms with van der Waals surface area (Å²) >= 11 is 0.525. The molecule has 0 fully saturated rings. The molecule has 0 saturated heterocycles. The van der Waals surface area contributed by atoms with Crippen LogP contribution in [-0.2, 0) is 12.7 Å². The molecule has 2 rings (SSSR count). The molecule has 1 N–H and O–H groups in total. The fraction of sp³-hybridized carbons (Fsp3) is 0.545. The molecule has 0 aliphatic heterocycles. The molecule has 0 amide bonds. The summed E-state index contributed by atoms with van der Waals surface area (Å²) < 4.78 is 39.0. The summed E-state index contributed by atoms with van der Waals surface area (Å²) in [5.74, 6) is 0.955. The number of aromatic nitrogens is 4. The minimum Gasteiger partial charge on any atom is -0.360 e. The number of anilines is 1. The summed E-state index contributed by atoms with van der Waals surface area (Å²) in [6, 6.07) is 0. The Morgan fingerprint density at radius 2 is 2.10 bits per heavy atom. The van der Waals surface area contributed by atoms with Gasteiger partial charge in [-0.15, -0.1) is 10.2 Å². The van der Waals surface area contributed by atoms with Crippen LogP contribution in [0.15, 0.2) is 12.4 Å². The van der Waals surface area contributed by atoms with Crippen LogP contribution in [0.5, 0.6) is 0 Å². The fourth-order valence-electron chi connectivity index (χ4n) is 1.65. The summed E-state index contributed by atoms with van der Waals surface area (Å²) in [5.41, 5.74) is 0. The Hall–Kier alpha value is -1.64. The van der Waals surface area contributed by atoms with E-state index in [1.54, 1.807) is 6.20 Å². The van der Waals surface area contributed by atoms with Crippen molar-refractivity contribution in [1.29, 1.82) is 0 Å². The van der Waals surface area contributed by atoms with Crippen LogP contribution in [0.25, 0.3) is 0 Å². The Labute approximate surface area is 117 Å². The van der Waals surface area contributed by atoms with Crippen LogP contribution in [0.3, 0.4) is 0 Å². The van der Waals surface area contributed by atoms with Crippen molar-refractivity contribution in [2.75, 3.05) is 11.9 Å². The molecule has 0 saturated carbocycles. The SMILES string of the molecule is Cc1nccn1CCCCNc1nnc(C(F)(F)F)s1. The van der Waals surface area contributed by atoms with Crippen molar-refractivity contribution in [2.45, 2.75) is 32.5 Å². The number of halogens is 3. The first-order valence-electron chi connectivity index (χ1n) is 6.09. The number of hydrogen-bond acceptors (Lipinski definition) is 5. The van der Waals surface area contributed by atoms with Gasteiger partial charge in [0.15, 0.2) is 0 Å². The summed E-state index contributed by atoms with van der Waals surface area (Å²) in [5, 5.41) is 8.71. The van der Waals surface area contributed by atoms with Gasteiger partial charge in [0.1, 0.15) is 5.82 Å². The molecule has 2 heterocycles. The van der Waals surface area contributed by atoms with E-state index < -0.39 is 11.2 Å². The van der Waals surface area contributed by atoms with Crippen molar-refractivity contribution in [1.82, 2.24) is 19.7 Å². The molecule has 0 aromatic carbocycles. The Balaban J connectivity index is 1.69. The van der Waals surface area contributed by atoms with Crippen molar-refractivity contribution >= 4 is 16.5 Å². The number of nitrogens with zero attached hydrogens (tertiary/aromatic N) is 4. The van der Waals surface area contributed by atoms with Gasteiger partial charge in [-0.3, -0.25) is 0 Å². The van der Waals surface area contributed by atoms with Crippen molar-refractivity contribution in [3.8, 4) is 0 Å². The molecule has 9 heteroatoms. The molecule has 0 atom stereocenters. The number of unbranched alkanes of at least 4 members (excludes halogenated alkanes) is 1. The molecular weight excluding hydrogens is 291 g/mol. The van der Waals surface area contributed by atoms with Gasteiger partial charge in [-0.05, 0) is 19.8 Å². The second-order valence-electron chi connectivity index (χ2n) is 4.21. The Bertz CT molecular complexity index is 548. The zero-order valence-corrected chi connectivity index (χ0v) is 11.6. The molecule has 0 aliphatic carbocycles. The van der Waals surface area contributed by atoms with Crippen LogP contribution in [0.1, 0.15) is 23.7 Å². The summed E-state index contributed by atoms with van der Waals surface area (Å²) in [7, 11) is 0. The van der Waals surface area contributed by atoms with Crippen LogP contribution >= 0.6 is 11.3 Å². The van der Waals surface area contributed by atoms with Gasteiger partial charge in [0.05, 0.1) is 0 Å². The first-order valence-corrected chi connectivity index (χ1v) is 6.91. The van der Waals surface area contributed by atoms with E-state index in [-0.39, 0.29) is 5.13 Å². The van der Waals surface area contributed by atoms with Gasteiger partial charge >= 0.3 is 6.18 Å². The molecular formula is C11H14F3N5S. The molecule has 110 valence electrons. The highest BCUT2D eigenvalue weighted by Gasteiger charge is 2.35. The highest BCUT2D eigenvalue weighted by atomic mass is 32.1. The third-order valence-corrected chi connectivity index (χ3v) is 3.62. The summed E-state index contributed by atoms with van der Waals surface area (Å²) in [4.78, 5) is 4.11. The van der Waals surface area contributed by atoms with E-state index in [0.717, 1.165) is 25.2 Å². The average Bonchev–Trinajstić information content (AvgIpc) is 2.98. The molecule has 0 bridgehead atoms. The predicted octanol–water partition coefficient (Wildman–Crippen LogP) is 2.95. The fourth-order valence-corrected chi connectivity index (χ4v) is 2.29. The largest absolute Gasteiger partial charge is 0.445 e. The maximum Gasteiger partial charge on any atom is 0.445 e. The predicted molar refractivity (Wildman–Crippen MR) is 69.6 cm³/mol. The maximum atomic E-state index is 12.3. The lowest BCUT2D eigenvalue weighted by Crippen LogP contribution is -2.04. The van der Waals surface area contributed by atoms with Gasteiger partial charge in [-0.25, -0.2) is 4.98 Å². The molecule has 2 aromatic heterocycles. The number of alkyl halides is 3. The highest BCUT2D eigenvalue weighted by molar-refractivity contribution is 7.15. The van der Waals surface area contributed by atoms with E-state index in [0.29, 0.717) is 17.9 Å².